The van der Waals surface area contributed by atoms with Crippen LogP contribution in [-0.4, -0.2) is 11.3 Å². The molecule has 0 atom stereocenters. The van der Waals surface area contributed by atoms with Gasteiger partial charge in [0.25, 0.3) is 6.71 Å². The number of hydrogen-bond donors (Lipinski definition) is 0. The van der Waals surface area contributed by atoms with Gasteiger partial charge in [-0.25, -0.2) is 0 Å². The second kappa shape index (κ2) is 14.9. The van der Waals surface area contributed by atoms with Gasteiger partial charge in [-0.15, -0.1) is 11.3 Å². The van der Waals surface area contributed by atoms with Gasteiger partial charge in [0.1, 0.15) is 0 Å². The molecule has 3 aliphatic rings. The summed E-state index contributed by atoms with van der Waals surface area (Å²) in [6, 6.07) is 75.4. The first-order valence-corrected chi connectivity index (χ1v) is 25.1. The largest absolute Gasteiger partial charge is 0.320 e. The molecule has 6 heteroatoms. The molecule has 0 unspecified atom stereocenters. The number of aromatic nitrogens is 1. The van der Waals surface area contributed by atoms with Crippen LogP contribution in [0.3, 0.4) is 0 Å². The molecule has 0 bridgehead atoms. The molecule has 5 heterocycles. The standard InChI is InChI=1S/C63H49BN4S/c1-39(2)40-26-30-44(31-27-40)66-53-23-15-24-54-59(53)64-60-55(66)37-46(65(43-32-28-42(29-33-43)63(3,4)5)51-21-12-9-18-47(51)41-16-7-6-8-17-41)38-56(60)68-52-22-13-10-20-49(52)61(62(64)68)67(54)45-34-35-58-50(36-45)48-19-11-14-25-57(48)69-58/h6-39H,1-5H3. The Balaban J connectivity index is 1.09. The lowest BCUT2D eigenvalue weighted by Gasteiger charge is -2.42. The summed E-state index contributed by atoms with van der Waals surface area (Å²) in [5, 5.41) is 3.86. The minimum absolute atomic E-state index is 0.0168. The second-order valence-electron chi connectivity index (χ2n) is 20.3. The zero-order valence-electron chi connectivity index (χ0n) is 39.4. The highest BCUT2D eigenvalue weighted by molar-refractivity contribution is 7.25. The molecule has 3 aliphatic heterocycles. The fraction of sp³-hybridized carbons (Fsp3) is 0.111. The number of nitrogens with zero attached hydrogens (tertiary/aromatic N) is 4. The molecule has 330 valence electrons. The Kier molecular flexibility index (Phi) is 8.67. The molecule has 14 rings (SSSR count). The predicted molar refractivity (Wildman–Crippen MR) is 297 cm³/mol. The van der Waals surface area contributed by atoms with E-state index in [9.17, 15) is 0 Å². The van der Waals surface area contributed by atoms with E-state index >= 15 is 0 Å². The molecule has 0 saturated carbocycles. The monoisotopic (exact) mass is 904 g/mol. The van der Waals surface area contributed by atoms with E-state index in [1.807, 2.05) is 11.3 Å². The molecule has 0 radical (unpaired) electrons. The topological polar surface area (TPSA) is 14.7 Å². The Morgan fingerprint density at radius 2 is 1.16 bits per heavy atom. The van der Waals surface area contributed by atoms with E-state index in [2.05, 4.69) is 254 Å². The lowest BCUT2D eigenvalue weighted by molar-refractivity contribution is 0.590. The summed E-state index contributed by atoms with van der Waals surface area (Å²) in [5.74, 6) is 0.425. The van der Waals surface area contributed by atoms with Crippen molar-refractivity contribution in [1.82, 2.24) is 4.57 Å². The lowest BCUT2D eigenvalue weighted by Crippen LogP contribution is -2.59. The molecular weight excluding hydrogens is 856 g/mol. The van der Waals surface area contributed by atoms with Crippen molar-refractivity contribution >= 4 is 117 Å². The van der Waals surface area contributed by atoms with Crippen LogP contribution in [0.15, 0.2) is 200 Å². The average molecular weight is 905 g/mol. The van der Waals surface area contributed by atoms with E-state index in [0.717, 1.165) is 22.7 Å². The Morgan fingerprint density at radius 3 is 1.94 bits per heavy atom. The number of rotatable bonds is 7. The Morgan fingerprint density at radius 1 is 0.507 bits per heavy atom. The summed E-state index contributed by atoms with van der Waals surface area (Å²) < 4.78 is 5.25. The maximum absolute atomic E-state index is 2.62. The van der Waals surface area contributed by atoms with Gasteiger partial charge in [-0.2, -0.15) is 0 Å². The molecule has 69 heavy (non-hydrogen) atoms. The highest BCUT2D eigenvalue weighted by atomic mass is 32.1. The third-order valence-electron chi connectivity index (χ3n) is 15.0. The van der Waals surface area contributed by atoms with Crippen molar-refractivity contribution in [3.63, 3.8) is 0 Å². The fourth-order valence-electron chi connectivity index (χ4n) is 11.8. The summed E-state index contributed by atoms with van der Waals surface area (Å²) in [6.45, 7) is 11.5. The SMILES string of the molecule is CC(C)c1ccc(N2c3cccc4c3B3c5c2cc(N(c2ccc(C(C)(C)C)cc2)c2ccccc2-c2ccccc2)cc5-n2c3c(c3ccccc32)N4c2ccc3sc4ccccc4c3c2)cc1. The van der Waals surface area contributed by atoms with Gasteiger partial charge in [-0.1, -0.05) is 150 Å². The van der Waals surface area contributed by atoms with E-state index in [4.69, 9.17) is 0 Å². The van der Waals surface area contributed by atoms with E-state index in [1.54, 1.807) is 0 Å². The fourth-order valence-corrected chi connectivity index (χ4v) is 12.9. The highest BCUT2D eigenvalue weighted by Gasteiger charge is 2.51. The molecular formula is C63H49BN4S. The third-order valence-corrected chi connectivity index (χ3v) is 16.2. The van der Waals surface area contributed by atoms with Crippen molar-refractivity contribution in [3.05, 3.63) is 211 Å². The minimum Gasteiger partial charge on any atom is -0.320 e. The van der Waals surface area contributed by atoms with Crippen LogP contribution in [0.5, 0.6) is 0 Å². The van der Waals surface area contributed by atoms with Crippen molar-refractivity contribution in [2.75, 3.05) is 14.7 Å². The van der Waals surface area contributed by atoms with Gasteiger partial charge in [-0.3, -0.25) is 0 Å². The Bertz CT molecular complexity index is 3880. The van der Waals surface area contributed by atoms with Gasteiger partial charge < -0.3 is 19.3 Å². The van der Waals surface area contributed by atoms with Gasteiger partial charge in [0.15, 0.2) is 0 Å². The number of para-hydroxylation sites is 2. The quantitative estimate of drug-likeness (QED) is 0.148. The van der Waals surface area contributed by atoms with Crippen molar-refractivity contribution in [3.8, 4) is 16.8 Å². The summed E-state index contributed by atoms with van der Waals surface area (Å²) in [5.41, 5.74) is 22.1. The van der Waals surface area contributed by atoms with Crippen LogP contribution in [0.2, 0.25) is 0 Å². The number of benzene rings is 9. The molecule has 4 nitrogen and oxygen atoms in total. The third kappa shape index (κ3) is 5.88. The van der Waals surface area contributed by atoms with Crippen molar-refractivity contribution in [1.29, 1.82) is 0 Å². The van der Waals surface area contributed by atoms with E-state index in [1.165, 1.54) is 104 Å². The summed E-state index contributed by atoms with van der Waals surface area (Å²) in [4.78, 5) is 7.66. The van der Waals surface area contributed by atoms with Crippen molar-refractivity contribution in [2.24, 2.45) is 0 Å². The van der Waals surface area contributed by atoms with Gasteiger partial charge in [0, 0.05) is 76.5 Å². The highest BCUT2D eigenvalue weighted by Crippen LogP contribution is 2.52. The Hall–Kier alpha value is -7.80. The molecule has 0 aliphatic carbocycles. The molecule has 0 spiro atoms. The number of hydrogen-bond acceptors (Lipinski definition) is 4. The maximum Gasteiger partial charge on any atom is 0.275 e. The number of fused-ring (bicyclic) bond motifs is 7. The summed E-state index contributed by atoms with van der Waals surface area (Å²) in [6.07, 6.45) is 0. The molecule has 0 amide bonds. The smallest absolute Gasteiger partial charge is 0.275 e. The van der Waals surface area contributed by atoms with Crippen LogP contribution in [0, 0.1) is 0 Å². The number of anilines is 9. The predicted octanol–water partition coefficient (Wildman–Crippen LogP) is 16.0. The van der Waals surface area contributed by atoms with Crippen LogP contribution in [0.1, 0.15) is 51.7 Å². The van der Waals surface area contributed by atoms with Crippen LogP contribution in [0.4, 0.5) is 51.2 Å². The van der Waals surface area contributed by atoms with Crippen molar-refractivity contribution < 1.29 is 0 Å². The van der Waals surface area contributed by atoms with Crippen LogP contribution < -0.4 is 31.2 Å². The van der Waals surface area contributed by atoms with E-state index in [0.29, 0.717) is 5.92 Å². The van der Waals surface area contributed by atoms with E-state index in [-0.39, 0.29) is 12.1 Å². The first-order valence-electron chi connectivity index (χ1n) is 24.3. The molecule has 9 aromatic carbocycles. The normalized spacial score (nSPS) is 13.3. The van der Waals surface area contributed by atoms with E-state index < -0.39 is 0 Å². The molecule has 0 fully saturated rings. The maximum atomic E-state index is 2.62. The average Bonchev–Trinajstić information content (AvgIpc) is 4.04. The van der Waals surface area contributed by atoms with Crippen LogP contribution in [-0.2, 0) is 5.41 Å². The molecule has 0 N–H and O–H groups in total. The Labute approximate surface area is 408 Å². The summed E-state index contributed by atoms with van der Waals surface area (Å²) in [7, 11) is 0. The number of thiophene rings is 1. The van der Waals surface area contributed by atoms with Crippen LogP contribution >= 0.6 is 11.3 Å². The van der Waals surface area contributed by atoms with Gasteiger partial charge in [0.2, 0.25) is 0 Å². The molecule has 0 saturated heterocycles. The zero-order valence-corrected chi connectivity index (χ0v) is 40.2. The van der Waals surface area contributed by atoms with Gasteiger partial charge in [-0.05, 0) is 124 Å². The molecule has 2 aromatic heterocycles. The minimum atomic E-state index is 0.0168. The van der Waals surface area contributed by atoms with Gasteiger partial charge >= 0.3 is 0 Å². The second-order valence-corrected chi connectivity index (χ2v) is 21.4. The lowest BCUT2D eigenvalue weighted by atomic mass is 9.36. The van der Waals surface area contributed by atoms with Gasteiger partial charge in [0.05, 0.1) is 22.6 Å². The van der Waals surface area contributed by atoms with Crippen molar-refractivity contribution in [2.45, 2.75) is 46.0 Å². The first-order chi connectivity index (χ1) is 33.7. The summed E-state index contributed by atoms with van der Waals surface area (Å²) >= 11 is 1.88. The molecule has 11 aromatic rings. The zero-order chi connectivity index (χ0) is 46.3. The first kappa shape index (κ1) is 40.3. The van der Waals surface area contributed by atoms with Crippen LogP contribution in [0.25, 0.3) is 47.9 Å².